The smallest absolute Gasteiger partial charge is 0.119 e. The van der Waals surface area contributed by atoms with Gasteiger partial charge in [0.1, 0.15) is 11.5 Å². The second-order valence-electron chi connectivity index (χ2n) is 12.6. The van der Waals surface area contributed by atoms with Crippen molar-refractivity contribution in [2.75, 3.05) is 13.2 Å². The van der Waals surface area contributed by atoms with Crippen molar-refractivity contribution < 1.29 is 9.47 Å². The molecule has 2 fully saturated rings. The number of hydrogen-bond donors (Lipinski definition) is 0. The maximum Gasteiger partial charge on any atom is 0.119 e. The average molecular weight is 533 g/mol. The minimum Gasteiger partial charge on any atom is -0.493 e. The van der Waals surface area contributed by atoms with Gasteiger partial charge in [0.25, 0.3) is 0 Å². The second kappa shape index (κ2) is 17.0. The summed E-state index contributed by atoms with van der Waals surface area (Å²) in [7, 11) is 0. The summed E-state index contributed by atoms with van der Waals surface area (Å²) in [5, 5.41) is 0. The van der Waals surface area contributed by atoms with Crippen LogP contribution in [0.5, 0.6) is 11.5 Å². The molecule has 2 aliphatic rings. The Kier molecular flexibility index (Phi) is 13.1. The summed E-state index contributed by atoms with van der Waals surface area (Å²) in [6.45, 7) is 6.00. The lowest BCUT2D eigenvalue weighted by Crippen LogP contribution is -2.13. The van der Waals surface area contributed by atoms with E-state index in [1.54, 1.807) is 0 Å². The van der Waals surface area contributed by atoms with Gasteiger partial charge in [-0.2, -0.15) is 0 Å². The van der Waals surface area contributed by atoms with Crippen molar-refractivity contribution >= 4 is 0 Å². The monoisotopic (exact) mass is 532 g/mol. The van der Waals surface area contributed by atoms with Gasteiger partial charge in [-0.15, -0.1) is 0 Å². The molecule has 2 aliphatic carbocycles. The van der Waals surface area contributed by atoms with E-state index in [1.165, 1.54) is 114 Å². The first-order chi connectivity index (χ1) is 19.2. The zero-order chi connectivity index (χ0) is 27.1. The summed E-state index contributed by atoms with van der Waals surface area (Å²) in [6, 6.07) is 17.9. The Morgan fingerprint density at radius 1 is 0.487 bits per heavy atom. The molecule has 0 aliphatic heterocycles. The molecule has 2 aromatic carbocycles. The van der Waals surface area contributed by atoms with E-state index in [4.69, 9.17) is 9.47 Å². The van der Waals surface area contributed by atoms with Crippen molar-refractivity contribution in [3.63, 3.8) is 0 Å². The average Bonchev–Trinajstić information content (AvgIpc) is 2.99. The lowest BCUT2D eigenvalue weighted by Gasteiger charge is -2.29. The van der Waals surface area contributed by atoms with E-state index in [-0.39, 0.29) is 0 Å². The van der Waals surface area contributed by atoms with E-state index in [9.17, 15) is 0 Å². The first kappa shape index (κ1) is 30.0. The Morgan fingerprint density at radius 2 is 0.872 bits per heavy atom. The zero-order valence-corrected chi connectivity index (χ0v) is 25.2. The Morgan fingerprint density at radius 3 is 1.23 bits per heavy atom. The molecule has 0 saturated heterocycles. The van der Waals surface area contributed by atoms with Gasteiger partial charge in [-0.25, -0.2) is 0 Å². The maximum absolute atomic E-state index is 6.02. The standard InChI is InChI=1S/C37H56O2/c1-3-5-7-10-30-12-16-32(17-13-30)34-20-24-36(25-21-34)38-28-9-29-39-37-26-22-35(23-27-37)33-18-14-31(15-19-33)11-8-6-4-2/h20-27,30-33H,3-19,28-29H2,1-2H3. The summed E-state index contributed by atoms with van der Waals surface area (Å²) in [4.78, 5) is 0. The molecule has 2 saturated carbocycles. The summed E-state index contributed by atoms with van der Waals surface area (Å²) in [5.41, 5.74) is 3.00. The van der Waals surface area contributed by atoms with Crippen LogP contribution >= 0.6 is 0 Å². The van der Waals surface area contributed by atoms with E-state index in [0.717, 1.165) is 41.6 Å². The molecule has 2 heteroatoms. The predicted molar refractivity (Wildman–Crippen MR) is 166 cm³/mol. The van der Waals surface area contributed by atoms with Crippen LogP contribution in [-0.4, -0.2) is 13.2 Å². The van der Waals surface area contributed by atoms with Gasteiger partial charge >= 0.3 is 0 Å². The van der Waals surface area contributed by atoms with E-state index in [2.05, 4.69) is 62.4 Å². The first-order valence-electron chi connectivity index (χ1n) is 16.7. The van der Waals surface area contributed by atoms with Crippen LogP contribution in [0.15, 0.2) is 48.5 Å². The van der Waals surface area contributed by atoms with Crippen LogP contribution < -0.4 is 9.47 Å². The highest BCUT2D eigenvalue weighted by Gasteiger charge is 2.23. The highest BCUT2D eigenvalue weighted by molar-refractivity contribution is 5.30. The van der Waals surface area contributed by atoms with Crippen LogP contribution in [0.4, 0.5) is 0 Å². The number of benzene rings is 2. The van der Waals surface area contributed by atoms with Crippen LogP contribution in [0.2, 0.25) is 0 Å². The van der Waals surface area contributed by atoms with Crippen LogP contribution in [0.3, 0.4) is 0 Å². The van der Waals surface area contributed by atoms with E-state index in [0.29, 0.717) is 13.2 Å². The fourth-order valence-electron chi connectivity index (χ4n) is 7.05. The third-order valence-electron chi connectivity index (χ3n) is 9.65. The van der Waals surface area contributed by atoms with Gasteiger partial charge in [0, 0.05) is 6.42 Å². The molecule has 0 unspecified atom stereocenters. The Hall–Kier alpha value is -1.96. The number of ether oxygens (including phenoxy) is 2. The highest BCUT2D eigenvalue weighted by atomic mass is 16.5. The maximum atomic E-state index is 6.02. The first-order valence-corrected chi connectivity index (χ1v) is 16.7. The van der Waals surface area contributed by atoms with Crippen molar-refractivity contribution in [2.24, 2.45) is 11.8 Å². The molecular weight excluding hydrogens is 476 g/mol. The van der Waals surface area contributed by atoms with Crippen LogP contribution in [0, 0.1) is 11.8 Å². The molecule has 39 heavy (non-hydrogen) atoms. The lowest BCUT2D eigenvalue weighted by molar-refractivity contribution is 0.247. The molecule has 0 aromatic heterocycles. The van der Waals surface area contributed by atoms with E-state index >= 15 is 0 Å². The van der Waals surface area contributed by atoms with E-state index < -0.39 is 0 Å². The van der Waals surface area contributed by atoms with Crippen molar-refractivity contribution in [1.82, 2.24) is 0 Å². The third kappa shape index (κ3) is 10.2. The molecule has 0 amide bonds. The predicted octanol–water partition coefficient (Wildman–Crippen LogP) is 11.2. The van der Waals surface area contributed by atoms with Crippen molar-refractivity contribution in [1.29, 1.82) is 0 Å². The number of rotatable bonds is 16. The summed E-state index contributed by atoms with van der Waals surface area (Å²) < 4.78 is 12.0. The van der Waals surface area contributed by atoms with Crippen molar-refractivity contribution in [2.45, 2.75) is 135 Å². The summed E-state index contributed by atoms with van der Waals surface area (Å²) >= 11 is 0. The molecule has 4 rings (SSSR count). The number of hydrogen-bond acceptors (Lipinski definition) is 2. The van der Waals surface area contributed by atoms with Gasteiger partial charge in [0.2, 0.25) is 0 Å². The molecule has 0 atom stereocenters. The fourth-order valence-corrected chi connectivity index (χ4v) is 7.05. The SMILES string of the molecule is CCCCCC1CCC(c2ccc(OCCCOc3ccc(C4CCC(CCCCC)CC4)cc3)cc2)CC1. The molecule has 0 N–H and O–H groups in total. The van der Waals surface area contributed by atoms with E-state index in [1.807, 2.05) is 0 Å². The Bertz CT molecular complexity index is 811. The molecule has 2 aromatic rings. The van der Waals surface area contributed by atoms with Crippen molar-refractivity contribution in [3.05, 3.63) is 59.7 Å². The lowest BCUT2D eigenvalue weighted by atomic mass is 9.77. The Labute approximate surface area is 240 Å². The highest BCUT2D eigenvalue weighted by Crippen LogP contribution is 2.39. The third-order valence-corrected chi connectivity index (χ3v) is 9.65. The van der Waals surface area contributed by atoms with Gasteiger partial charge in [-0.1, -0.05) is 89.5 Å². The fraction of sp³-hybridized carbons (Fsp3) is 0.676. The molecule has 2 nitrogen and oxygen atoms in total. The quantitative estimate of drug-likeness (QED) is 0.200. The molecular formula is C37H56O2. The zero-order valence-electron chi connectivity index (χ0n) is 25.2. The normalized spacial score (nSPS) is 23.4. The van der Waals surface area contributed by atoms with Crippen LogP contribution in [0.1, 0.15) is 146 Å². The molecule has 0 radical (unpaired) electrons. The molecule has 216 valence electrons. The van der Waals surface area contributed by atoms with Gasteiger partial charge in [-0.3, -0.25) is 0 Å². The topological polar surface area (TPSA) is 18.5 Å². The molecule has 0 spiro atoms. The van der Waals surface area contributed by atoms with Crippen LogP contribution in [0.25, 0.3) is 0 Å². The van der Waals surface area contributed by atoms with Gasteiger partial charge < -0.3 is 9.47 Å². The van der Waals surface area contributed by atoms with Gasteiger partial charge in [-0.05, 0) is 110 Å². The molecule has 0 bridgehead atoms. The number of unbranched alkanes of at least 4 members (excludes halogenated alkanes) is 4. The minimum atomic E-state index is 0.696. The minimum absolute atomic E-state index is 0.696. The van der Waals surface area contributed by atoms with Gasteiger partial charge in [0.05, 0.1) is 13.2 Å². The second-order valence-corrected chi connectivity index (χ2v) is 12.6. The van der Waals surface area contributed by atoms with Crippen molar-refractivity contribution in [3.8, 4) is 11.5 Å². The molecule has 0 heterocycles. The van der Waals surface area contributed by atoms with Crippen LogP contribution in [-0.2, 0) is 0 Å². The Balaban J connectivity index is 1.08. The summed E-state index contributed by atoms with van der Waals surface area (Å²) in [5.74, 6) is 5.40. The largest absolute Gasteiger partial charge is 0.493 e. The summed E-state index contributed by atoms with van der Waals surface area (Å²) in [6.07, 6.45) is 23.2. The van der Waals surface area contributed by atoms with Gasteiger partial charge in [0.15, 0.2) is 0 Å².